The van der Waals surface area contributed by atoms with Crippen LogP contribution in [0.25, 0.3) is 0 Å². The molecule has 0 heteroatoms. The molecule has 0 heterocycles. The molecule has 0 spiro atoms. The summed E-state index contributed by atoms with van der Waals surface area (Å²) in [4.78, 5) is 0. The summed E-state index contributed by atoms with van der Waals surface area (Å²) in [5.74, 6) is 1.27. The number of allylic oxidation sites excluding steroid dienone is 8. The smallest absolute Gasteiger partial charge is 0.00158 e. The summed E-state index contributed by atoms with van der Waals surface area (Å²) in [6.45, 7) is 4.45. The lowest BCUT2D eigenvalue weighted by atomic mass is 9.88. The van der Waals surface area contributed by atoms with E-state index in [1.807, 2.05) is 0 Å². The Labute approximate surface area is 93.1 Å². The molecule has 0 nitrogen and oxygen atoms in total. The summed E-state index contributed by atoms with van der Waals surface area (Å²) in [7, 11) is 0. The van der Waals surface area contributed by atoms with E-state index >= 15 is 0 Å². The van der Waals surface area contributed by atoms with Crippen molar-refractivity contribution in [1.82, 2.24) is 0 Å². The standard InChI is InChI=1S/C15H20/c1-12-3-7-14(8-4-12)11-15-9-5-13(2)6-10-15/h3-5,7-8,10,12,14H,6,9,11H2,1-2H3. The van der Waals surface area contributed by atoms with Gasteiger partial charge in [0, 0.05) is 0 Å². The average molecular weight is 200 g/mol. The van der Waals surface area contributed by atoms with Crippen LogP contribution in [-0.4, -0.2) is 0 Å². The molecule has 0 aromatic rings. The maximum Gasteiger partial charge on any atom is -0.00158 e. The highest BCUT2D eigenvalue weighted by molar-refractivity contribution is 5.23. The molecular weight excluding hydrogens is 180 g/mol. The Kier molecular flexibility index (Phi) is 3.25. The molecule has 2 aliphatic rings. The first-order valence-corrected chi connectivity index (χ1v) is 5.94. The van der Waals surface area contributed by atoms with E-state index in [2.05, 4.69) is 50.3 Å². The zero-order chi connectivity index (χ0) is 10.7. The van der Waals surface area contributed by atoms with Gasteiger partial charge in [-0.25, -0.2) is 0 Å². The van der Waals surface area contributed by atoms with Gasteiger partial charge in [-0.05, 0) is 38.0 Å². The summed E-state index contributed by atoms with van der Waals surface area (Å²) in [5.41, 5.74) is 3.12. The molecule has 0 atom stereocenters. The second-order valence-electron chi connectivity index (χ2n) is 4.82. The van der Waals surface area contributed by atoms with E-state index in [4.69, 9.17) is 0 Å². The van der Waals surface area contributed by atoms with Crippen LogP contribution in [0.1, 0.15) is 33.1 Å². The Morgan fingerprint density at radius 2 is 1.80 bits per heavy atom. The largest absolute Gasteiger partial charge is 0.0813 e. The number of hydrogen-bond donors (Lipinski definition) is 0. The van der Waals surface area contributed by atoms with Crippen LogP contribution >= 0.6 is 0 Å². The predicted molar refractivity (Wildman–Crippen MR) is 66.6 cm³/mol. The Morgan fingerprint density at radius 1 is 1.07 bits per heavy atom. The van der Waals surface area contributed by atoms with Gasteiger partial charge in [0.2, 0.25) is 0 Å². The minimum absolute atomic E-state index is 0.628. The summed E-state index contributed by atoms with van der Waals surface area (Å²) in [6.07, 6.45) is 17.7. The highest BCUT2D eigenvalue weighted by Gasteiger charge is 2.10. The van der Waals surface area contributed by atoms with Gasteiger partial charge < -0.3 is 0 Å². The van der Waals surface area contributed by atoms with Gasteiger partial charge in [-0.15, -0.1) is 0 Å². The highest BCUT2D eigenvalue weighted by atomic mass is 14.2. The molecule has 0 aromatic heterocycles. The van der Waals surface area contributed by atoms with Crippen molar-refractivity contribution in [2.75, 3.05) is 0 Å². The first-order valence-electron chi connectivity index (χ1n) is 5.94. The van der Waals surface area contributed by atoms with Crippen molar-refractivity contribution in [3.05, 3.63) is 47.6 Å². The number of hydrogen-bond acceptors (Lipinski definition) is 0. The van der Waals surface area contributed by atoms with Crippen molar-refractivity contribution in [2.24, 2.45) is 11.8 Å². The van der Waals surface area contributed by atoms with Gasteiger partial charge >= 0.3 is 0 Å². The molecule has 0 fully saturated rings. The molecule has 0 aliphatic heterocycles. The fraction of sp³-hybridized carbons (Fsp3) is 0.467. The van der Waals surface area contributed by atoms with Crippen molar-refractivity contribution in [3.63, 3.8) is 0 Å². The molecule has 2 aliphatic carbocycles. The number of rotatable bonds is 2. The molecule has 0 aromatic carbocycles. The minimum Gasteiger partial charge on any atom is -0.0813 e. The molecule has 0 saturated carbocycles. The van der Waals surface area contributed by atoms with E-state index in [1.54, 1.807) is 5.57 Å². The maximum absolute atomic E-state index is 2.41. The van der Waals surface area contributed by atoms with Crippen molar-refractivity contribution < 1.29 is 0 Å². The summed E-state index contributed by atoms with van der Waals surface area (Å²) >= 11 is 0. The van der Waals surface area contributed by atoms with Crippen molar-refractivity contribution in [2.45, 2.75) is 33.1 Å². The predicted octanol–water partition coefficient (Wildman–Crippen LogP) is 4.42. The second kappa shape index (κ2) is 4.65. The zero-order valence-electron chi connectivity index (χ0n) is 9.74. The van der Waals surface area contributed by atoms with Gasteiger partial charge in [0.1, 0.15) is 0 Å². The lowest BCUT2D eigenvalue weighted by Gasteiger charge is -2.17. The third kappa shape index (κ3) is 2.95. The van der Waals surface area contributed by atoms with Crippen LogP contribution in [-0.2, 0) is 0 Å². The van der Waals surface area contributed by atoms with Gasteiger partial charge in [-0.1, -0.05) is 54.5 Å². The second-order valence-corrected chi connectivity index (χ2v) is 4.82. The van der Waals surface area contributed by atoms with Crippen LogP contribution in [0.2, 0.25) is 0 Å². The molecule has 15 heavy (non-hydrogen) atoms. The first-order chi connectivity index (χ1) is 7.24. The fourth-order valence-corrected chi connectivity index (χ4v) is 2.15. The monoisotopic (exact) mass is 200 g/mol. The third-order valence-electron chi connectivity index (χ3n) is 3.25. The Balaban J connectivity index is 1.89. The van der Waals surface area contributed by atoms with Crippen LogP contribution in [0.3, 0.4) is 0 Å². The summed E-state index contributed by atoms with van der Waals surface area (Å²) < 4.78 is 0. The van der Waals surface area contributed by atoms with E-state index in [0.29, 0.717) is 11.8 Å². The van der Waals surface area contributed by atoms with E-state index in [1.165, 1.54) is 18.4 Å². The van der Waals surface area contributed by atoms with Crippen LogP contribution in [0.5, 0.6) is 0 Å². The van der Waals surface area contributed by atoms with Gasteiger partial charge in [-0.3, -0.25) is 0 Å². The van der Waals surface area contributed by atoms with E-state index < -0.39 is 0 Å². The van der Waals surface area contributed by atoms with Crippen molar-refractivity contribution >= 4 is 0 Å². The quantitative estimate of drug-likeness (QED) is 0.579. The Morgan fingerprint density at radius 3 is 2.40 bits per heavy atom. The van der Waals surface area contributed by atoms with Crippen LogP contribution in [0.4, 0.5) is 0 Å². The molecule has 0 radical (unpaired) electrons. The van der Waals surface area contributed by atoms with Crippen molar-refractivity contribution in [1.29, 1.82) is 0 Å². The SMILES string of the molecule is CC1=CCC(CC2C=CC(C)C=C2)=CC1. The molecular formula is C15H20. The van der Waals surface area contributed by atoms with Gasteiger partial charge in [0.25, 0.3) is 0 Å². The van der Waals surface area contributed by atoms with Crippen LogP contribution < -0.4 is 0 Å². The van der Waals surface area contributed by atoms with Gasteiger partial charge in [0.05, 0.1) is 0 Å². The fourth-order valence-electron chi connectivity index (χ4n) is 2.15. The van der Waals surface area contributed by atoms with Crippen LogP contribution in [0.15, 0.2) is 47.6 Å². The normalized spacial score (nSPS) is 30.0. The lowest BCUT2D eigenvalue weighted by molar-refractivity contribution is 0.731. The molecule has 0 N–H and O–H groups in total. The lowest BCUT2D eigenvalue weighted by Crippen LogP contribution is -2.02. The van der Waals surface area contributed by atoms with E-state index in [9.17, 15) is 0 Å². The zero-order valence-corrected chi connectivity index (χ0v) is 9.74. The molecule has 0 unspecified atom stereocenters. The molecule has 80 valence electrons. The molecule has 0 bridgehead atoms. The summed E-state index contributed by atoms with van der Waals surface area (Å²) in [5, 5.41) is 0. The topological polar surface area (TPSA) is 0 Å². The Hall–Kier alpha value is -1.04. The molecule has 0 saturated heterocycles. The Bertz CT molecular complexity index is 325. The highest BCUT2D eigenvalue weighted by Crippen LogP contribution is 2.26. The maximum atomic E-state index is 2.41. The van der Waals surface area contributed by atoms with E-state index in [-0.39, 0.29) is 0 Å². The van der Waals surface area contributed by atoms with Gasteiger partial charge in [0.15, 0.2) is 0 Å². The van der Waals surface area contributed by atoms with E-state index in [0.717, 1.165) is 6.42 Å². The first kappa shape index (κ1) is 10.5. The molecule has 0 amide bonds. The van der Waals surface area contributed by atoms with Gasteiger partial charge in [-0.2, -0.15) is 0 Å². The summed E-state index contributed by atoms with van der Waals surface area (Å²) in [6, 6.07) is 0. The molecule has 2 rings (SSSR count). The average Bonchev–Trinajstić information content (AvgIpc) is 2.25. The van der Waals surface area contributed by atoms with Crippen LogP contribution in [0, 0.1) is 11.8 Å². The minimum atomic E-state index is 0.628. The third-order valence-corrected chi connectivity index (χ3v) is 3.25. The van der Waals surface area contributed by atoms with Crippen molar-refractivity contribution in [3.8, 4) is 0 Å².